The van der Waals surface area contributed by atoms with Gasteiger partial charge in [-0.25, -0.2) is 0 Å². The molecule has 0 N–H and O–H groups in total. The monoisotopic (exact) mass is 289 g/mol. The van der Waals surface area contributed by atoms with Crippen LogP contribution in [0.25, 0.3) is 0 Å². The van der Waals surface area contributed by atoms with Gasteiger partial charge in [0.15, 0.2) is 0 Å². The summed E-state index contributed by atoms with van der Waals surface area (Å²) >= 11 is 0. The number of aryl methyl sites for hydroxylation is 2. The zero-order chi connectivity index (χ0) is 15.1. The van der Waals surface area contributed by atoms with Crippen LogP contribution in [0.4, 0.5) is 0 Å². The summed E-state index contributed by atoms with van der Waals surface area (Å²) < 4.78 is 0. The molecule has 22 heavy (non-hydrogen) atoms. The van der Waals surface area contributed by atoms with Crippen LogP contribution in [0.15, 0.2) is 48.2 Å². The first-order chi connectivity index (χ1) is 10.6. The van der Waals surface area contributed by atoms with E-state index < -0.39 is 0 Å². The van der Waals surface area contributed by atoms with Gasteiger partial charge in [-0.05, 0) is 61.9 Å². The Morgan fingerprint density at radius 1 is 1.09 bits per heavy atom. The first-order valence-electron chi connectivity index (χ1n) is 8.55. The maximum absolute atomic E-state index is 2.75. The Balaban J connectivity index is 1.74. The van der Waals surface area contributed by atoms with Crippen LogP contribution < -0.4 is 0 Å². The third kappa shape index (κ3) is 1.45. The highest BCUT2D eigenvalue weighted by molar-refractivity contribution is 5.53. The van der Waals surface area contributed by atoms with Crippen LogP contribution in [0, 0.1) is 19.8 Å². The van der Waals surface area contributed by atoms with Gasteiger partial charge in [0, 0.05) is 23.1 Å². The lowest BCUT2D eigenvalue weighted by molar-refractivity contribution is 0.164. The van der Waals surface area contributed by atoms with Crippen molar-refractivity contribution >= 4 is 0 Å². The number of hydrogen-bond donors (Lipinski definition) is 0. The number of fused-ring (bicyclic) bond motifs is 8. The Morgan fingerprint density at radius 2 is 1.86 bits per heavy atom. The standard InChI is InChI=1S/C21H23N/c1-13-10-16-17(11-14(13)2)20-9-8-15-6-4-5-7-19(15)22(20)21(3)12-18(16)21/h4-5,7-11,15,18,20H,6,12H2,1-3H3/t15?,18?,20?,21-/m0/s1. The van der Waals surface area contributed by atoms with Gasteiger partial charge >= 0.3 is 0 Å². The Morgan fingerprint density at radius 3 is 2.68 bits per heavy atom. The molecule has 0 saturated heterocycles. The van der Waals surface area contributed by atoms with E-state index in [1.165, 1.54) is 17.5 Å². The normalized spacial score (nSPS) is 37.0. The lowest BCUT2D eigenvalue weighted by Crippen LogP contribution is -2.45. The van der Waals surface area contributed by atoms with E-state index in [4.69, 9.17) is 0 Å². The summed E-state index contributed by atoms with van der Waals surface area (Å²) in [5.41, 5.74) is 7.91. The van der Waals surface area contributed by atoms with Crippen molar-refractivity contribution in [3.8, 4) is 0 Å². The van der Waals surface area contributed by atoms with Crippen molar-refractivity contribution in [2.24, 2.45) is 5.92 Å². The van der Waals surface area contributed by atoms with Crippen LogP contribution in [-0.2, 0) is 0 Å². The number of benzene rings is 1. The third-order valence-corrected chi connectivity index (χ3v) is 6.41. The second-order valence-corrected chi connectivity index (χ2v) is 7.74. The summed E-state index contributed by atoms with van der Waals surface area (Å²) in [6.07, 6.45) is 14.3. The molecular weight excluding hydrogens is 266 g/mol. The molecule has 1 aromatic rings. The summed E-state index contributed by atoms with van der Waals surface area (Å²) in [7, 11) is 0. The minimum atomic E-state index is 0.333. The molecule has 4 aliphatic rings. The van der Waals surface area contributed by atoms with E-state index in [1.807, 2.05) is 0 Å². The number of hydrogen-bond acceptors (Lipinski definition) is 1. The van der Waals surface area contributed by atoms with Crippen molar-refractivity contribution in [3.05, 3.63) is 70.5 Å². The van der Waals surface area contributed by atoms with E-state index in [2.05, 4.69) is 68.2 Å². The van der Waals surface area contributed by atoms with Gasteiger partial charge in [0.05, 0.1) is 6.04 Å². The number of allylic oxidation sites excluding steroid dienone is 4. The summed E-state index contributed by atoms with van der Waals surface area (Å²) in [5.74, 6) is 1.31. The molecule has 1 saturated carbocycles. The zero-order valence-corrected chi connectivity index (χ0v) is 13.6. The molecule has 0 bridgehead atoms. The average Bonchev–Trinajstić information content (AvgIpc) is 3.22. The first kappa shape index (κ1) is 12.8. The third-order valence-electron chi connectivity index (χ3n) is 6.41. The summed E-state index contributed by atoms with van der Waals surface area (Å²) in [6, 6.07) is 5.35. The Hall–Kier alpha value is -1.76. The van der Waals surface area contributed by atoms with E-state index in [0.717, 1.165) is 12.3 Å². The second-order valence-electron chi connectivity index (χ2n) is 7.74. The van der Waals surface area contributed by atoms with Gasteiger partial charge in [0.1, 0.15) is 0 Å². The van der Waals surface area contributed by atoms with E-state index in [1.54, 1.807) is 16.8 Å². The number of nitrogens with zero attached hydrogens (tertiary/aromatic N) is 1. The molecule has 2 heterocycles. The molecule has 2 aliphatic heterocycles. The van der Waals surface area contributed by atoms with Crippen LogP contribution >= 0.6 is 0 Å². The molecule has 1 nitrogen and oxygen atoms in total. The largest absolute Gasteiger partial charge is 0.358 e. The molecule has 0 radical (unpaired) electrons. The predicted molar refractivity (Wildman–Crippen MR) is 90.7 cm³/mol. The fraction of sp³-hybridized carbons (Fsp3) is 0.429. The molecule has 3 unspecified atom stereocenters. The highest BCUT2D eigenvalue weighted by Gasteiger charge is 2.61. The molecule has 0 spiro atoms. The molecule has 0 amide bonds. The van der Waals surface area contributed by atoms with Crippen LogP contribution in [0.1, 0.15) is 54.0 Å². The number of rotatable bonds is 0. The van der Waals surface area contributed by atoms with Crippen molar-refractivity contribution < 1.29 is 0 Å². The molecule has 1 heteroatoms. The fourth-order valence-electron chi connectivity index (χ4n) is 4.90. The zero-order valence-electron chi connectivity index (χ0n) is 13.6. The summed E-state index contributed by atoms with van der Waals surface area (Å²) in [4.78, 5) is 2.75. The molecule has 4 atom stereocenters. The Bertz CT molecular complexity index is 766. The first-order valence-corrected chi connectivity index (χ1v) is 8.55. The molecular formula is C21H23N. The molecule has 1 aromatic carbocycles. The lowest BCUT2D eigenvalue weighted by Gasteiger charge is -2.48. The van der Waals surface area contributed by atoms with Gasteiger partial charge in [-0.15, -0.1) is 0 Å². The lowest BCUT2D eigenvalue weighted by atomic mass is 9.80. The Labute approximate surface area is 133 Å². The van der Waals surface area contributed by atoms with Gasteiger partial charge in [0.2, 0.25) is 0 Å². The molecule has 1 fully saturated rings. The minimum absolute atomic E-state index is 0.333. The highest BCUT2D eigenvalue weighted by Crippen LogP contribution is 2.65. The summed E-state index contributed by atoms with van der Waals surface area (Å²) in [5, 5.41) is 0. The quantitative estimate of drug-likeness (QED) is 0.612. The second kappa shape index (κ2) is 3.95. The van der Waals surface area contributed by atoms with Crippen molar-refractivity contribution in [2.75, 3.05) is 0 Å². The summed E-state index contributed by atoms with van der Waals surface area (Å²) in [6.45, 7) is 6.97. The van der Waals surface area contributed by atoms with Gasteiger partial charge in [-0.1, -0.05) is 36.4 Å². The van der Waals surface area contributed by atoms with Crippen molar-refractivity contribution in [2.45, 2.75) is 51.1 Å². The SMILES string of the molecule is Cc1cc2c(cc1C)C1C[C@]1(C)N1C3=CC=CCC3C=CC21. The molecule has 0 aromatic heterocycles. The maximum Gasteiger partial charge on any atom is 0.0732 e. The maximum atomic E-state index is 2.75. The van der Waals surface area contributed by atoms with Crippen molar-refractivity contribution in [1.29, 1.82) is 0 Å². The smallest absolute Gasteiger partial charge is 0.0732 e. The van der Waals surface area contributed by atoms with Gasteiger partial charge in [-0.2, -0.15) is 0 Å². The molecule has 2 aliphatic carbocycles. The van der Waals surface area contributed by atoms with Crippen LogP contribution in [0.2, 0.25) is 0 Å². The Kier molecular flexibility index (Phi) is 2.29. The highest BCUT2D eigenvalue weighted by atomic mass is 15.3. The molecule has 112 valence electrons. The fourth-order valence-corrected chi connectivity index (χ4v) is 4.90. The van der Waals surface area contributed by atoms with Gasteiger partial charge in [0.25, 0.3) is 0 Å². The van der Waals surface area contributed by atoms with Crippen molar-refractivity contribution in [3.63, 3.8) is 0 Å². The van der Waals surface area contributed by atoms with E-state index in [9.17, 15) is 0 Å². The van der Waals surface area contributed by atoms with E-state index >= 15 is 0 Å². The van der Waals surface area contributed by atoms with E-state index in [-0.39, 0.29) is 0 Å². The average molecular weight is 289 g/mol. The van der Waals surface area contributed by atoms with Crippen LogP contribution in [-0.4, -0.2) is 10.4 Å². The molecule has 5 rings (SSSR count). The minimum Gasteiger partial charge on any atom is -0.358 e. The van der Waals surface area contributed by atoms with Crippen LogP contribution in [0.5, 0.6) is 0 Å². The van der Waals surface area contributed by atoms with Gasteiger partial charge < -0.3 is 4.90 Å². The predicted octanol–water partition coefficient (Wildman–Crippen LogP) is 4.94. The topological polar surface area (TPSA) is 3.24 Å². The van der Waals surface area contributed by atoms with E-state index in [0.29, 0.717) is 17.5 Å². The van der Waals surface area contributed by atoms with Gasteiger partial charge in [-0.3, -0.25) is 0 Å². The van der Waals surface area contributed by atoms with Crippen molar-refractivity contribution in [1.82, 2.24) is 4.90 Å². The van der Waals surface area contributed by atoms with Crippen LogP contribution in [0.3, 0.4) is 0 Å².